The number of hydrogen-bond donors (Lipinski definition) is 2. The van der Waals surface area contributed by atoms with E-state index in [0.29, 0.717) is 4.90 Å². The van der Waals surface area contributed by atoms with Crippen molar-refractivity contribution in [3.05, 3.63) is 28.7 Å². The van der Waals surface area contributed by atoms with Crippen molar-refractivity contribution >= 4 is 26.0 Å². The van der Waals surface area contributed by atoms with Crippen LogP contribution in [0.3, 0.4) is 0 Å². The Bertz CT molecular complexity index is 507. The zero-order valence-corrected chi connectivity index (χ0v) is 12.6. The summed E-state index contributed by atoms with van der Waals surface area (Å²) < 4.78 is 28.2. The zero-order chi connectivity index (χ0) is 13.2. The van der Waals surface area contributed by atoms with E-state index < -0.39 is 10.0 Å². The molecule has 1 aliphatic heterocycles. The van der Waals surface area contributed by atoms with Crippen molar-refractivity contribution in [3.63, 3.8) is 0 Å². The first kappa shape index (κ1) is 14.0. The van der Waals surface area contributed by atoms with Crippen LogP contribution in [0.2, 0.25) is 0 Å². The summed E-state index contributed by atoms with van der Waals surface area (Å²) in [5, 5.41) is 3.23. The van der Waals surface area contributed by atoms with E-state index in [1.54, 1.807) is 24.3 Å². The molecule has 0 spiro atoms. The average molecular weight is 333 g/mol. The van der Waals surface area contributed by atoms with Gasteiger partial charge in [0.2, 0.25) is 10.0 Å². The Morgan fingerprint density at radius 2 is 1.78 bits per heavy atom. The molecular weight excluding hydrogens is 316 g/mol. The number of rotatable bonds is 3. The first-order valence-corrected chi connectivity index (χ1v) is 8.19. The van der Waals surface area contributed by atoms with Crippen molar-refractivity contribution in [3.8, 4) is 0 Å². The summed E-state index contributed by atoms with van der Waals surface area (Å²) in [5.74, 6) is 0. The van der Waals surface area contributed by atoms with Crippen LogP contribution < -0.4 is 10.0 Å². The molecule has 1 aromatic carbocycles. The number of hydrogen-bond acceptors (Lipinski definition) is 3. The number of sulfonamides is 1. The molecule has 0 aliphatic carbocycles. The number of nitrogens with one attached hydrogen (secondary N) is 2. The minimum absolute atomic E-state index is 0.311. The Morgan fingerprint density at radius 1 is 1.22 bits per heavy atom. The topological polar surface area (TPSA) is 58.2 Å². The normalized spacial score (nSPS) is 19.7. The molecule has 1 heterocycles. The maximum atomic E-state index is 12.3. The van der Waals surface area contributed by atoms with Crippen LogP contribution in [0.1, 0.15) is 19.8 Å². The first-order chi connectivity index (χ1) is 8.41. The van der Waals surface area contributed by atoms with Crippen LogP contribution in [0.5, 0.6) is 0 Å². The Labute approximate surface area is 116 Å². The summed E-state index contributed by atoms with van der Waals surface area (Å²) >= 11 is 3.30. The third-order valence-electron chi connectivity index (χ3n) is 3.21. The van der Waals surface area contributed by atoms with Gasteiger partial charge in [-0.15, -0.1) is 0 Å². The van der Waals surface area contributed by atoms with Crippen molar-refractivity contribution in [1.82, 2.24) is 10.0 Å². The van der Waals surface area contributed by atoms with E-state index in [2.05, 4.69) is 26.0 Å². The molecule has 0 amide bonds. The molecule has 6 heteroatoms. The highest BCUT2D eigenvalue weighted by molar-refractivity contribution is 9.10. The molecule has 1 aromatic rings. The maximum absolute atomic E-state index is 12.3. The largest absolute Gasteiger partial charge is 0.317 e. The summed E-state index contributed by atoms with van der Waals surface area (Å²) in [6, 6.07) is 6.69. The Hall–Kier alpha value is -0.430. The van der Waals surface area contributed by atoms with Gasteiger partial charge in [-0.05, 0) is 57.1 Å². The molecule has 1 saturated heterocycles. The molecular formula is C12H17BrN2O2S. The van der Waals surface area contributed by atoms with E-state index in [-0.39, 0.29) is 5.54 Å². The van der Waals surface area contributed by atoms with Crippen molar-refractivity contribution in [2.75, 3.05) is 13.1 Å². The molecule has 0 atom stereocenters. The van der Waals surface area contributed by atoms with Crippen LogP contribution in [-0.2, 0) is 10.0 Å². The fraction of sp³-hybridized carbons (Fsp3) is 0.500. The summed E-state index contributed by atoms with van der Waals surface area (Å²) in [7, 11) is -3.43. The van der Waals surface area contributed by atoms with Crippen molar-refractivity contribution in [1.29, 1.82) is 0 Å². The molecule has 0 bridgehead atoms. The summed E-state index contributed by atoms with van der Waals surface area (Å²) in [5.41, 5.74) is -0.350. The van der Waals surface area contributed by atoms with Gasteiger partial charge in [-0.2, -0.15) is 0 Å². The van der Waals surface area contributed by atoms with Crippen molar-refractivity contribution < 1.29 is 8.42 Å². The first-order valence-electron chi connectivity index (χ1n) is 5.92. The fourth-order valence-corrected chi connectivity index (χ4v) is 3.81. The van der Waals surface area contributed by atoms with Crippen molar-refractivity contribution in [2.24, 2.45) is 0 Å². The summed E-state index contributed by atoms with van der Waals surface area (Å²) in [6.45, 7) is 3.66. The number of halogens is 1. The van der Waals surface area contributed by atoms with Crippen molar-refractivity contribution in [2.45, 2.75) is 30.2 Å². The number of piperidine rings is 1. The second-order valence-electron chi connectivity index (χ2n) is 4.87. The van der Waals surface area contributed by atoms with Gasteiger partial charge in [-0.3, -0.25) is 0 Å². The maximum Gasteiger partial charge on any atom is 0.241 e. The fourth-order valence-electron chi connectivity index (χ4n) is 2.08. The quantitative estimate of drug-likeness (QED) is 0.888. The van der Waals surface area contributed by atoms with Gasteiger partial charge in [0.25, 0.3) is 0 Å². The van der Waals surface area contributed by atoms with Gasteiger partial charge >= 0.3 is 0 Å². The highest BCUT2D eigenvalue weighted by Crippen LogP contribution is 2.22. The molecule has 0 unspecified atom stereocenters. The summed E-state index contributed by atoms with van der Waals surface area (Å²) in [4.78, 5) is 0.311. The minimum atomic E-state index is -3.43. The van der Waals surface area contributed by atoms with E-state index in [1.165, 1.54) is 0 Å². The Morgan fingerprint density at radius 3 is 2.33 bits per heavy atom. The molecule has 100 valence electrons. The Balaban J connectivity index is 2.18. The lowest BCUT2D eigenvalue weighted by Crippen LogP contribution is -2.52. The van der Waals surface area contributed by atoms with Gasteiger partial charge in [0.1, 0.15) is 0 Å². The SMILES string of the molecule is CC1(NS(=O)(=O)c2ccc(Br)cc2)CCNCC1. The van der Waals surface area contributed by atoms with E-state index in [0.717, 1.165) is 30.4 Å². The lowest BCUT2D eigenvalue weighted by molar-refractivity contribution is 0.308. The Kier molecular flexibility index (Phi) is 4.11. The monoisotopic (exact) mass is 332 g/mol. The van der Waals surface area contributed by atoms with Crippen LogP contribution in [0.4, 0.5) is 0 Å². The van der Waals surface area contributed by atoms with Crippen LogP contribution in [0.25, 0.3) is 0 Å². The van der Waals surface area contributed by atoms with Gasteiger partial charge < -0.3 is 5.32 Å². The molecule has 1 aliphatic rings. The lowest BCUT2D eigenvalue weighted by Gasteiger charge is -2.34. The zero-order valence-electron chi connectivity index (χ0n) is 10.2. The van der Waals surface area contributed by atoms with Crippen LogP contribution in [-0.4, -0.2) is 27.0 Å². The predicted molar refractivity (Wildman–Crippen MR) is 75.0 cm³/mol. The lowest BCUT2D eigenvalue weighted by atomic mass is 9.92. The van der Waals surface area contributed by atoms with E-state index in [1.807, 2.05) is 6.92 Å². The van der Waals surface area contributed by atoms with E-state index in [4.69, 9.17) is 0 Å². The predicted octanol–water partition coefficient (Wildman–Crippen LogP) is 1.87. The van der Waals surface area contributed by atoms with E-state index in [9.17, 15) is 8.42 Å². The molecule has 2 N–H and O–H groups in total. The van der Waals surface area contributed by atoms with Gasteiger partial charge in [0.05, 0.1) is 4.90 Å². The van der Waals surface area contributed by atoms with Crippen LogP contribution >= 0.6 is 15.9 Å². The second-order valence-corrected chi connectivity index (χ2v) is 7.47. The average Bonchev–Trinajstić information content (AvgIpc) is 2.29. The molecule has 1 fully saturated rings. The molecule has 2 rings (SSSR count). The second kappa shape index (κ2) is 5.28. The van der Waals surface area contributed by atoms with Gasteiger partial charge in [-0.1, -0.05) is 15.9 Å². The standard InChI is InChI=1S/C12H17BrN2O2S/c1-12(6-8-14-9-7-12)15-18(16,17)11-4-2-10(13)3-5-11/h2-5,14-15H,6-9H2,1H3. The van der Waals surface area contributed by atoms with Crippen LogP contribution in [0, 0.1) is 0 Å². The third-order valence-corrected chi connectivity index (χ3v) is 5.39. The molecule has 0 radical (unpaired) electrons. The van der Waals surface area contributed by atoms with Gasteiger partial charge in [0, 0.05) is 10.0 Å². The molecule has 18 heavy (non-hydrogen) atoms. The van der Waals surface area contributed by atoms with Crippen LogP contribution in [0.15, 0.2) is 33.6 Å². The molecule has 0 saturated carbocycles. The van der Waals surface area contributed by atoms with E-state index >= 15 is 0 Å². The molecule has 0 aromatic heterocycles. The highest BCUT2D eigenvalue weighted by Gasteiger charge is 2.31. The smallest absolute Gasteiger partial charge is 0.241 e. The minimum Gasteiger partial charge on any atom is -0.317 e. The molecule has 4 nitrogen and oxygen atoms in total. The highest BCUT2D eigenvalue weighted by atomic mass is 79.9. The third kappa shape index (κ3) is 3.32. The number of benzene rings is 1. The van der Waals surface area contributed by atoms with Gasteiger partial charge in [-0.25, -0.2) is 13.1 Å². The van der Waals surface area contributed by atoms with Gasteiger partial charge in [0.15, 0.2) is 0 Å². The summed E-state index contributed by atoms with van der Waals surface area (Å²) in [6.07, 6.45) is 1.62.